The van der Waals surface area contributed by atoms with Gasteiger partial charge in [-0.25, -0.2) is 9.37 Å². The molecule has 23 heavy (non-hydrogen) atoms. The topological polar surface area (TPSA) is 54.9 Å². The molecular formula is C18H14FN3O. The quantitative estimate of drug-likeness (QED) is 0.750. The van der Waals surface area contributed by atoms with E-state index < -0.39 is 0 Å². The number of benzene rings is 2. The molecule has 0 aliphatic rings. The van der Waals surface area contributed by atoms with Crippen molar-refractivity contribution in [2.24, 2.45) is 0 Å². The first-order valence-corrected chi connectivity index (χ1v) is 7.09. The fraction of sp³-hybridized carbons (Fsp3) is 0.0556. The Morgan fingerprint density at radius 1 is 1.17 bits per heavy atom. The number of aromatic nitrogens is 2. The van der Waals surface area contributed by atoms with Crippen LogP contribution in [0.1, 0.15) is 11.3 Å². The molecular weight excluding hydrogens is 293 g/mol. The highest BCUT2D eigenvalue weighted by atomic mass is 19.1. The highest BCUT2D eigenvalue weighted by Crippen LogP contribution is 2.15. The molecule has 0 aliphatic carbocycles. The highest BCUT2D eigenvalue weighted by Gasteiger charge is 2.03. The molecule has 0 bridgehead atoms. The maximum absolute atomic E-state index is 13.0. The zero-order chi connectivity index (χ0) is 16.2. The van der Waals surface area contributed by atoms with E-state index in [9.17, 15) is 9.18 Å². The second-order valence-corrected chi connectivity index (χ2v) is 5.07. The zero-order valence-electron chi connectivity index (χ0n) is 12.5. The maximum Gasteiger partial charge on any atom is 0.248 e. The predicted molar refractivity (Wildman–Crippen MR) is 88.3 cm³/mol. The molecule has 0 saturated heterocycles. The molecule has 1 aromatic heterocycles. The van der Waals surface area contributed by atoms with Crippen molar-refractivity contribution in [2.75, 3.05) is 5.32 Å². The molecule has 5 heteroatoms. The molecule has 0 radical (unpaired) electrons. The Balaban J connectivity index is 1.74. The van der Waals surface area contributed by atoms with E-state index in [0.717, 1.165) is 11.0 Å². The number of nitrogens with zero attached hydrogens (tertiary/aromatic N) is 2. The van der Waals surface area contributed by atoms with Gasteiger partial charge in [-0.1, -0.05) is 12.1 Å². The summed E-state index contributed by atoms with van der Waals surface area (Å²) in [5.74, 6) is -0.642. The standard InChI is InChI=1S/C18H14FN3O/c1-12-10-13(19)6-8-15(12)22-18(23)9-7-14-11-20-16-4-2-3-5-17(16)21-14/h2-11H,1H3,(H,22,23)/b9-7+. The lowest BCUT2D eigenvalue weighted by molar-refractivity contribution is -0.111. The fourth-order valence-corrected chi connectivity index (χ4v) is 2.15. The van der Waals surface area contributed by atoms with Gasteiger partial charge in [-0.15, -0.1) is 0 Å². The van der Waals surface area contributed by atoms with Gasteiger partial charge in [0.25, 0.3) is 0 Å². The number of para-hydroxylation sites is 2. The molecule has 114 valence electrons. The Morgan fingerprint density at radius 3 is 2.74 bits per heavy atom. The number of hydrogen-bond acceptors (Lipinski definition) is 3. The second-order valence-electron chi connectivity index (χ2n) is 5.07. The lowest BCUT2D eigenvalue weighted by Gasteiger charge is -2.05. The van der Waals surface area contributed by atoms with E-state index in [1.54, 1.807) is 19.2 Å². The summed E-state index contributed by atoms with van der Waals surface area (Å²) in [4.78, 5) is 20.6. The average Bonchev–Trinajstić information content (AvgIpc) is 2.55. The van der Waals surface area contributed by atoms with Crippen molar-refractivity contribution >= 4 is 28.7 Å². The SMILES string of the molecule is Cc1cc(F)ccc1NC(=O)/C=C/c1cnc2ccccc2n1. The highest BCUT2D eigenvalue weighted by molar-refractivity contribution is 6.02. The molecule has 0 saturated carbocycles. The van der Waals surface area contributed by atoms with Gasteiger partial charge < -0.3 is 5.32 Å². The number of fused-ring (bicyclic) bond motifs is 1. The summed E-state index contributed by atoms with van der Waals surface area (Å²) in [7, 11) is 0. The minimum atomic E-state index is -0.331. The minimum absolute atomic E-state index is 0.310. The Hall–Kier alpha value is -3.08. The number of hydrogen-bond donors (Lipinski definition) is 1. The number of rotatable bonds is 3. The van der Waals surface area contributed by atoms with Crippen LogP contribution in [-0.4, -0.2) is 15.9 Å². The van der Waals surface area contributed by atoms with Gasteiger partial charge >= 0.3 is 0 Å². The number of aryl methyl sites for hydroxylation is 1. The molecule has 1 heterocycles. The van der Waals surface area contributed by atoms with Gasteiger partial charge in [0, 0.05) is 11.8 Å². The summed E-state index contributed by atoms with van der Waals surface area (Å²) in [5, 5.41) is 2.70. The van der Waals surface area contributed by atoms with Crippen molar-refractivity contribution in [3.63, 3.8) is 0 Å². The van der Waals surface area contributed by atoms with E-state index in [1.165, 1.54) is 24.3 Å². The Morgan fingerprint density at radius 2 is 1.96 bits per heavy atom. The molecule has 1 amide bonds. The summed E-state index contributed by atoms with van der Waals surface area (Å²) in [6.07, 6.45) is 4.57. The van der Waals surface area contributed by atoms with Gasteiger partial charge in [0.1, 0.15) is 5.82 Å². The molecule has 2 aromatic carbocycles. The first-order chi connectivity index (χ1) is 11.1. The number of amides is 1. The maximum atomic E-state index is 13.0. The molecule has 0 aliphatic heterocycles. The van der Waals surface area contributed by atoms with Crippen molar-refractivity contribution < 1.29 is 9.18 Å². The van der Waals surface area contributed by atoms with Crippen LogP contribution in [0.2, 0.25) is 0 Å². The Kier molecular flexibility index (Phi) is 4.10. The fourth-order valence-electron chi connectivity index (χ4n) is 2.15. The van der Waals surface area contributed by atoms with Gasteiger partial charge in [-0.2, -0.15) is 0 Å². The third-order valence-corrected chi connectivity index (χ3v) is 3.32. The Labute approximate surface area is 132 Å². The van der Waals surface area contributed by atoms with Gasteiger partial charge in [-0.05, 0) is 48.9 Å². The number of carbonyl (C=O) groups excluding carboxylic acids is 1. The van der Waals surface area contributed by atoms with E-state index in [2.05, 4.69) is 15.3 Å². The normalized spacial score (nSPS) is 11.0. The number of nitrogens with one attached hydrogen (secondary N) is 1. The first kappa shape index (κ1) is 14.8. The number of carbonyl (C=O) groups is 1. The summed E-state index contributed by atoms with van der Waals surface area (Å²) in [5.41, 5.74) is 3.40. The lowest BCUT2D eigenvalue weighted by atomic mass is 10.2. The van der Waals surface area contributed by atoms with Gasteiger partial charge in [0.15, 0.2) is 0 Å². The minimum Gasteiger partial charge on any atom is -0.322 e. The van der Waals surface area contributed by atoms with Crippen LogP contribution in [0.4, 0.5) is 10.1 Å². The summed E-state index contributed by atoms with van der Waals surface area (Å²) >= 11 is 0. The molecule has 1 N–H and O–H groups in total. The van der Waals surface area contributed by atoms with Crippen LogP contribution in [0.25, 0.3) is 17.1 Å². The largest absolute Gasteiger partial charge is 0.322 e. The van der Waals surface area contributed by atoms with Crippen LogP contribution in [0.15, 0.2) is 54.7 Å². The molecule has 0 spiro atoms. The van der Waals surface area contributed by atoms with E-state index in [0.29, 0.717) is 16.9 Å². The first-order valence-electron chi connectivity index (χ1n) is 7.09. The predicted octanol–water partition coefficient (Wildman–Crippen LogP) is 3.73. The van der Waals surface area contributed by atoms with Crippen molar-refractivity contribution in [1.82, 2.24) is 9.97 Å². The van der Waals surface area contributed by atoms with Crippen LogP contribution in [0.5, 0.6) is 0 Å². The van der Waals surface area contributed by atoms with Crippen molar-refractivity contribution in [3.05, 3.63) is 71.8 Å². The Bertz CT molecular complexity index is 906. The van der Waals surface area contributed by atoms with Crippen LogP contribution in [-0.2, 0) is 4.79 Å². The third kappa shape index (κ3) is 3.58. The molecule has 0 atom stereocenters. The monoisotopic (exact) mass is 307 g/mol. The van der Waals surface area contributed by atoms with E-state index in [4.69, 9.17) is 0 Å². The summed E-state index contributed by atoms with van der Waals surface area (Å²) in [6, 6.07) is 11.7. The molecule has 3 aromatic rings. The summed E-state index contributed by atoms with van der Waals surface area (Å²) < 4.78 is 13.0. The van der Waals surface area contributed by atoms with Gasteiger partial charge in [0.2, 0.25) is 5.91 Å². The molecule has 3 rings (SSSR count). The van der Waals surface area contributed by atoms with Crippen LogP contribution < -0.4 is 5.32 Å². The molecule has 0 fully saturated rings. The van der Waals surface area contributed by atoms with Crippen LogP contribution >= 0.6 is 0 Å². The van der Waals surface area contributed by atoms with Crippen molar-refractivity contribution in [1.29, 1.82) is 0 Å². The van der Waals surface area contributed by atoms with E-state index in [-0.39, 0.29) is 11.7 Å². The zero-order valence-corrected chi connectivity index (χ0v) is 12.5. The number of halogens is 1. The molecule has 0 unspecified atom stereocenters. The van der Waals surface area contributed by atoms with E-state index >= 15 is 0 Å². The second kappa shape index (κ2) is 6.36. The smallest absolute Gasteiger partial charge is 0.248 e. The molecule has 4 nitrogen and oxygen atoms in total. The van der Waals surface area contributed by atoms with Gasteiger partial charge in [-0.3, -0.25) is 9.78 Å². The summed E-state index contributed by atoms with van der Waals surface area (Å²) in [6.45, 7) is 1.73. The van der Waals surface area contributed by atoms with Crippen LogP contribution in [0.3, 0.4) is 0 Å². The van der Waals surface area contributed by atoms with Crippen molar-refractivity contribution in [3.8, 4) is 0 Å². The van der Waals surface area contributed by atoms with Crippen molar-refractivity contribution in [2.45, 2.75) is 6.92 Å². The van der Waals surface area contributed by atoms with E-state index in [1.807, 2.05) is 24.3 Å². The number of anilines is 1. The average molecular weight is 307 g/mol. The third-order valence-electron chi connectivity index (χ3n) is 3.32. The lowest BCUT2D eigenvalue weighted by Crippen LogP contribution is -2.09. The van der Waals surface area contributed by atoms with Crippen LogP contribution in [0, 0.1) is 12.7 Å². The van der Waals surface area contributed by atoms with Gasteiger partial charge in [0.05, 0.1) is 22.9 Å².